The van der Waals surface area contributed by atoms with E-state index in [-0.39, 0.29) is 11.9 Å². The molecule has 6 N–H and O–H groups in total. The number of primary amides is 1. The first-order valence-electron chi connectivity index (χ1n) is 10.8. The van der Waals surface area contributed by atoms with Crippen LogP contribution in [0.2, 0.25) is 0 Å². The van der Waals surface area contributed by atoms with Gasteiger partial charge in [-0.15, -0.1) is 0 Å². The standard InChI is InChI=1S/C16H16N2O3.C6H10N2OS.C2HF3O2/c17-10-12-5-4-6-13(9-12)16(21)18(11-15(19)20)14-7-2-1-3-8-14;1-4-3-8(6(7)9)10-5(4)2;3-2(4,5)1(6)7/h1-9H,10-11,17H2,(H,19,20);3H2,1-2H3,(H2,7,9);(H,6,7). The number of halogens is 3. The highest BCUT2D eigenvalue weighted by Gasteiger charge is 2.38. The lowest BCUT2D eigenvalue weighted by Crippen LogP contribution is -2.35. The van der Waals surface area contributed by atoms with E-state index < -0.39 is 24.7 Å². The van der Waals surface area contributed by atoms with Gasteiger partial charge in [0.1, 0.15) is 6.54 Å². The number of nitrogens with zero attached hydrogens (tertiary/aromatic N) is 2. The van der Waals surface area contributed by atoms with Crippen LogP contribution in [-0.4, -0.2) is 57.7 Å². The Balaban J connectivity index is 0.000000351. The second-order valence-corrected chi connectivity index (χ2v) is 8.87. The number of hydrogen-bond donors (Lipinski definition) is 4. The van der Waals surface area contributed by atoms with Crippen molar-refractivity contribution < 1.29 is 42.6 Å². The lowest BCUT2D eigenvalue weighted by Gasteiger charge is -2.21. The number of anilines is 1. The van der Waals surface area contributed by atoms with Gasteiger partial charge in [0.2, 0.25) is 0 Å². The van der Waals surface area contributed by atoms with Gasteiger partial charge in [-0.3, -0.25) is 18.8 Å². The van der Waals surface area contributed by atoms with Gasteiger partial charge >= 0.3 is 24.1 Å². The number of amides is 3. The Morgan fingerprint density at radius 2 is 1.61 bits per heavy atom. The number of carboxylic acid groups (broad SMARTS) is 2. The van der Waals surface area contributed by atoms with Crippen LogP contribution in [0.25, 0.3) is 0 Å². The van der Waals surface area contributed by atoms with E-state index in [9.17, 15) is 27.6 Å². The van der Waals surface area contributed by atoms with Gasteiger partial charge in [-0.2, -0.15) is 13.2 Å². The molecule has 206 valence electrons. The number of carbonyl (C=O) groups is 4. The summed E-state index contributed by atoms with van der Waals surface area (Å²) in [5.74, 6) is -4.19. The largest absolute Gasteiger partial charge is 0.490 e. The Hall–Kier alpha value is -4.04. The van der Waals surface area contributed by atoms with Crippen molar-refractivity contribution in [3.8, 4) is 0 Å². The van der Waals surface area contributed by atoms with Crippen LogP contribution in [0.3, 0.4) is 0 Å². The number of urea groups is 1. The molecule has 3 amide bonds. The van der Waals surface area contributed by atoms with Crippen LogP contribution in [0.5, 0.6) is 0 Å². The van der Waals surface area contributed by atoms with Gasteiger partial charge in [-0.1, -0.05) is 30.3 Å². The van der Waals surface area contributed by atoms with Crippen LogP contribution in [0.15, 0.2) is 65.1 Å². The van der Waals surface area contributed by atoms with Crippen LogP contribution in [-0.2, 0) is 16.1 Å². The molecular formula is C24H27F3N4O6S. The van der Waals surface area contributed by atoms with E-state index in [0.29, 0.717) is 24.3 Å². The van der Waals surface area contributed by atoms with Crippen molar-refractivity contribution in [1.82, 2.24) is 4.31 Å². The summed E-state index contributed by atoms with van der Waals surface area (Å²) in [6, 6.07) is 15.3. The second-order valence-electron chi connectivity index (χ2n) is 7.63. The molecular weight excluding hydrogens is 529 g/mol. The molecule has 0 spiro atoms. The summed E-state index contributed by atoms with van der Waals surface area (Å²) < 4.78 is 33.3. The molecule has 2 aromatic rings. The van der Waals surface area contributed by atoms with Crippen molar-refractivity contribution in [2.24, 2.45) is 11.5 Å². The summed E-state index contributed by atoms with van der Waals surface area (Å²) in [5.41, 5.74) is 13.6. The zero-order chi connectivity index (χ0) is 29.0. The minimum atomic E-state index is -5.08. The van der Waals surface area contributed by atoms with Crippen LogP contribution in [0.4, 0.5) is 23.7 Å². The van der Waals surface area contributed by atoms with Crippen molar-refractivity contribution in [2.45, 2.75) is 26.6 Å². The molecule has 0 unspecified atom stereocenters. The molecule has 1 heterocycles. The molecule has 0 saturated carbocycles. The van der Waals surface area contributed by atoms with E-state index in [4.69, 9.17) is 26.5 Å². The summed E-state index contributed by atoms with van der Waals surface area (Å²) >= 11 is 1.42. The summed E-state index contributed by atoms with van der Waals surface area (Å²) in [7, 11) is 0. The normalized spacial score (nSPS) is 12.5. The third kappa shape index (κ3) is 10.5. The molecule has 0 atom stereocenters. The molecule has 14 heteroatoms. The number of aliphatic carboxylic acids is 2. The van der Waals surface area contributed by atoms with Gasteiger partial charge in [-0.05, 0) is 61.2 Å². The maximum atomic E-state index is 12.6. The maximum absolute atomic E-state index is 12.6. The summed E-state index contributed by atoms with van der Waals surface area (Å²) in [5, 5.41) is 16.2. The third-order valence-corrected chi connectivity index (χ3v) is 5.89. The first-order valence-corrected chi connectivity index (χ1v) is 11.5. The minimum Gasteiger partial charge on any atom is -0.480 e. The number of rotatable bonds is 5. The molecule has 38 heavy (non-hydrogen) atoms. The number of benzene rings is 2. The summed E-state index contributed by atoms with van der Waals surface area (Å²) in [6.07, 6.45) is -5.08. The maximum Gasteiger partial charge on any atom is 0.490 e. The summed E-state index contributed by atoms with van der Waals surface area (Å²) in [6.45, 7) is 4.60. The molecule has 0 fully saturated rings. The number of nitrogens with two attached hydrogens (primary N) is 2. The predicted octanol–water partition coefficient (Wildman–Crippen LogP) is 3.83. The Morgan fingerprint density at radius 1 is 1.03 bits per heavy atom. The first kappa shape index (κ1) is 32.0. The van der Waals surface area contributed by atoms with Gasteiger partial charge in [0.05, 0.1) is 6.54 Å². The molecule has 0 bridgehead atoms. The fourth-order valence-electron chi connectivity index (χ4n) is 2.74. The smallest absolute Gasteiger partial charge is 0.480 e. The number of carbonyl (C=O) groups excluding carboxylic acids is 2. The van der Waals surface area contributed by atoms with Gasteiger partial charge in [-0.25, -0.2) is 9.59 Å². The van der Waals surface area contributed by atoms with Crippen molar-refractivity contribution in [3.05, 3.63) is 76.2 Å². The van der Waals surface area contributed by atoms with E-state index >= 15 is 0 Å². The molecule has 1 aliphatic rings. The van der Waals surface area contributed by atoms with E-state index in [1.807, 2.05) is 26.0 Å². The molecule has 0 aromatic heterocycles. The minimum absolute atomic E-state index is 0.325. The molecule has 0 saturated heterocycles. The number of allylic oxidation sites excluding steroid dienone is 1. The molecule has 2 aromatic carbocycles. The topological polar surface area (TPSA) is 167 Å². The first-order chi connectivity index (χ1) is 17.7. The molecule has 0 aliphatic carbocycles. The van der Waals surface area contributed by atoms with Crippen LogP contribution >= 0.6 is 11.9 Å². The van der Waals surface area contributed by atoms with E-state index in [1.165, 1.54) is 27.3 Å². The van der Waals surface area contributed by atoms with E-state index in [1.54, 1.807) is 46.8 Å². The Bertz CT molecular complexity index is 1160. The Morgan fingerprint density at radius 3 is 2.00 bits per heavy atom. The number of carboxylic acids is 2. The Labute approximate surface area is 220 Å². The van der Waals surface area contributed by atoms with Crippen LogP contribution in [0.1, 0.15) is 29.8 Å². The van der Waals surface area contributed by atoms with Crippen LogP contribution in [0, 0.1) is 0 Å². The van der Waals surface area contributed by atoms with Gasteiger partial charge in [0.15, 0.2) is 0 Å². The molecule has 1 aliphatic heterocycles. The molecule has 0 radical (unpaired) electrons. The Kier molecular flexibility index (Phi) is 12.3. The third-order valence-electron chi connectivity index (χ3n) is 4.73. The van der Waals surface area contributed by atoms with Crippen molar-refractivity contribution in [2.75, 3.05) is 18.0 Å². The lowest BCUT2D eigenvalue weighted by atomic mass is 10.1. The highest BCUT2D eigenvalue weighted by Crippen LogP contribution is 2.31. The molecule has 3 rings (SSSR count). The average Bonchev–Trinajstić information content (AvgIpc) is 3.21. The van der Waals surface area contributed by atoms with Crippen LogP contribution < -0.4 is 16.4 Å². The highest BCUT2D eigenvalue weighted by atomic mass is 32.2. The zero-order valence-electron chi connectivity index (χ0n) is 20.4. The highest BCUT2D eigenvalue weighted by molar-refractivity contribution is 8.01. The monoisotopic (exact) mass is 556 g/mol. The quantitative estimate of drug-likeness (QED) is 0.403. The fourth-order valence-corrected chi connectivity index (χ4v) is 3.63. The van der Waals surface area contributed by atoms with Gasteiger partial charge in [0, 0.05) is 22.7 Å². The van der Waals surface area contributed by atoms with E-state index in [2.05, 4.69) is 0 Å². The fraction of sp³-hybridized carbons (Fsp3) is 0.250. The number of alkyl halides is 3. The zero-order valence-corrected chi connectivity index (χ0v) is 21.3. The SMILES string of the molecule is CC1=C(C)SN(C(N)=O)C1.NCc1cccc(C(=O)N(CC(=O)O)c2ccccc2)c1.O=C(O)C(F)(F)F. The lowest BCUT2D eigenvalue weighted by molar-refractivity contribution is -0.192. The number of para-hydroxylation sites is 1. The van der Waals surface area contributed by atoms with E-state index in [0.717, 1.165) is 5.56 Å². The van der Waals surface area contributed by atoms with Gasteiger partial charge in [0.25, 0.3) is 5.91 Å². The molecule has 10 nitrogen and oxygen atoms in total. The van der Waals surface area contributed by atoms with Crippen molar-refractivity contribution >= 4 is 41.5 Å². The second kappa shape index (κ2) is 14.6. The van der Waals surface area contributed by atoms with Gasteiger partial charge < -0.3 is 21.7 Å². The number of hydrogen-bond acceptors (Lipinski definition) is 6. The summed E-state index contributed by atoms with van der Waals surface area (Å²) in [4.78, 5) is 45.5. The van der Waals surface area contributed by atoms with Crippen molar-refractivity contribution in [3.63, 3.8) is 0 Å². The predicted molar refractivity (Wildman–Crippen MR) is 136 cm³/mol. The van der Waals surface area contributed by atoms with Crippen molar-refractivity contribution in [1.29, 1.82) is 0 Å². The average molecular weight is 557 g/mol.